The van der Waals surface area contributed by atoms with Crippen molar-refractivity contribution in [2.75, 3.05) is 19.8 Å². The van der Waals surface area contributed by atoms with E-state index < -0.39 is 51.9 Å². The van der Waals surface area contributed by atoms with Crippen LogP contribution in [0.25, 0.3) is 10.8 Å². The zero-order valence-corrected chi connectivity index (χ0v) is 33.9. The van der Waals surface area contributed by atoms with E-state index in [1.807, 2.05) is 51.1 Å². The number of hydroxylamine groups is 1. The molecule has 15 nitrogen and oxygen atoms in total. The molecule has 56 heavy (non-hydrogen) atoms. The zero-order chi connectivity index (χ0) is 41.3. The molecule has 0 saturated carbocycles. The molecule has 3 fully saturated rings. The van der Waals surface area contributed by atoms with Gasteiger partial charge in [0.1, 0.15) is 29.2 Å². The minimum atomic E-state index is -1.03. The molecule has 0 bridgehead atoms. The van der Waals surface area contributed by atoms with Crippen molar-refractivity contribution in [3.8, 4) is 5.75 Å². The van der Waals surface area contributed by atoms with Crippen LogP contribution in [0.2, 0.25) is 0 Å². The average molecular weight is 800 g/mol. The summed E-state index contributed by atoms with van der Waals surface area (Å²) in [5, 5.41) is 34.7. The normalized spacial score (nSPS) is 22.0. The van der Waals surface area contributed by atoms with Crippen LogP contribution < -0.4 is 20.9 Å². The van der Waals surface area contributed by atoms with Gasteiger partial charge in [-0.05, 0) is 62.8 Å². The van der Waals surface area contributed by atoms with Crippen LogP contribution in [0.4, 0.5) is 0 Å². The Kier molecular flexibility index (Phi) is 15.5. The molecule has 3 heterocycles. The molecule has 3 aliphatic rings. The number of carbonyl (C=O) groups is 6. The van der Waals surface area contributed by atoms with Crippen LogP contribution in [-0.2, 0) is 24.0 Å². The van der Waals surface area contributed by atoms with Gasteiger partial charge in [0.2, 0.25) is 23.6 Å². The summed E-state index contributed by atoms with van der Waals surface area (Å²) in [5.74, 6) is -3.21. The van der Waals surface area contributed by atoms with Gasteiger partial charge in [-0.15, -0.1) is 11.8 Å². The molecular formula is C40H57N5O10S. The highest BCUT2D eigenvalue weighted by molar-refractivity contribution is 8.01. The number of fused-ring (bicyclic) bond motifs is 2. The number of aliphatic hydroxyl groups excluding tert-OH is 1. The molecule has 3 unspecified atom stereocenters. The lowest BCUT2D eigenvalue weighted by Gasteiger charge is -2.43. The van der Waals surface area contributed by atoms with Gasteiger partial charge in [0.25, 0.3) is 5.91 Å². The molecule has 5 rings (SSSR count). The number of carboxylic acids is 1. The number of unbranched alkanes of at least 4 members (excludes halogenated alkanes) is 2. The van der Waals surface area contributed by atoms with Crippen LogP contribution in [0, 0.1) is 11.8 Å². The number of likely N-dealkylation sites (tertiary alicyclic amines) is 1. The van der Waals surface area contributed by atoms with E-state index in [1.54, 1.807) is 30.3 Å². The van der Waals surface area contributed by atoms with Crippen molar-refractivity contribution in [1.82, 2.24) is 25.9 Å². The number of rotatable bonds is 16. The number of hydrogen-bond donors (Lipinski definition) is 6. The van der Waals surface area contributed by atoms with E-state index in [2.05, 4.69) is 17.6 Å². The number of benzene rings is 2. The topological polar surface area (TPSA) is 215 Å². The van der Waals surface area contributed by atoms with Crippen LogP contribution in [0.15, 0.2) is 36.4 Å². The summed E-state index contributed by atoms with van der Waals surface area (Å²) < 4.78 is 5.02. The zero-order valence-electron chi connectivity index (χ0n) is 33.1. The van der Waals surface area contributed by atoms with Crippen molar-refractivity contribution in [1.29, 1.82) is 0 Å². The Morgan fingerprint density at radius 3 is 2.39 bits per heavy atom. The number of β-lactam (4-membered cyclic amide) rings is 1. The van der Waals surface area contributed by atoms with Gasteiger partial charge in [0, 0.05) is 23.6 Å². The minimum Gasteiger partial charge on any atom is -0.493 e. The molecule has 0 spiro atoms. The number of thioether (sulfide) groups is 1. The maximum Gasteiger partial charge on any atom is 0.327 e. The molecule has 5 amide bonds. The lowest BCUT2D eigenvalue weighted by atomic mass is 9.94. The Balaban J connectivity index is 0.000000250. The molecule has 2 aromatic carbocycles. The van der Waals surface area contributed by atoms with Crippen LogP contribution in [0.1, 0.15) is 96.8 Å². The summed E-state index contributed by atoms with van der Waals surface area (Å²) in [6, 6.07) is 8.56. The van der Waals surface area contributed by atoms with Gasteiger partial charge in [-0.25, -0.2) is 10.3 Å². The summed E-state index contributed by atoms with van der Waals surface area (Å²) in [6.07, 6.45) is 4.74. The van der Waals surface area contributed by atoms with E-state index >= 15 is 0 Å². The Bertz CT molecular complexity index is 1750. The van der Waals surface area contributed by atoms with E-state index in [0.29, 0.717) is 30.9 Å². The van der Waals surface area contributed by atoms with Crippen molar-refractivity contribution in [2.45, 2.75) is 121 Å². The van der Waals surface area contributed by atoms with Crippen molar-refractivity contribution >= 4 is 58.0 Å². The Hall–Kier alpha value is -4.41. The number of carboxylic acid groups (broad SMARTS) is 1. The van der Waals surface area contributed by atoms with Gasteiger partial charge < -0.3 is 35.4 Å². The second kappa shape index (κ2) is 19.6. The molecule has 3 aliphatic heterocycles. The maximum atomic E-state index is 13.2. The summed E-state index contributed by atoms with van der Waals surface area (Å²) in [5.41, 5.74) is 1.96. The van der Waals surface area contributed by atoms with Crippen molar-refractivity contribution in [3.63, 3.8) is 0 Å². The molecule has 0 aliphatic carbocycles. The average Bonchev–Trinajstić information content (AvgIpc) is 3.75. The number of nitrogens with one attached hydrogen (secondary N) is 3. The molecule has 0 aromatic heterocycles. The van der Waals surface area contributed by atoms with Crippen LogP contribution in [0.5, 0.6) is 5.75 Å². The van der Waals surface area contributed by atoms with Crippen LogP contribution >= 0.6 is 11.8 Å². The van der Waals surface area contributed by atoms with E-state index in [1.165, 1.54) is 16.7 Å². The van der Waals surface area contributed by atoms with Gasteiger partial charge in [-0.3, -0.25) is 29.2 Å². The fourth-order valence-electron chi connectivity index (χ4n) is 7.64. The van der Waals surface area contributed by atoms with Gasteiger partial charge in [-0.2, -0.15) is 0 Å². The maximum absolute atomic E-state index is 13.2. The second-order valence-corrected chi connectivity index (χ2v) is 17.1. The SMILES string of the molecule is CCCCCC(CC(=O)NO)C(=O)NC(C(=O)N1CCCC1CO)C(C)C.CCOc1ccc2ccccc2c1C(=O)N[C@@H]1C(=O)N2[C@@H]1SC(C)(C)[C@@H]2C(=O)O. The summed E-state index contributed by atoms with van der Waals surface area (Å²) in [7, 11) is 0. The fraction of sp³-hybridized carbons (Fsp3) is 0.600. The monoisotopic (exact) mass is 799 g/mol. The van der Waals surface area contributed by atoms with Gasteiger partial charge in [0.15, 0.2) is 0 Å². The Morgan fingerprint density at radius 2 is 1.77 bits per heavy atom. The lowest BCUT2D eigenvalue weighted by Crippen LogP contribution is -2.70. The number of carbonyl (C=O) groups excluding carboxylic acids is 5. The molecule has 6 atom stereocenters. The first-order valence-corrected chi connectivity index (χ1v) is 20.3. The standard InChI is InChI=1S/C21H22N2O5S.C19H35N3O5/c1-4-28-13-10-9-11-7-5-6-8-12(11)14(13)17(24)22-15-18(25)23-16(20(26)27)21(2,3)29-19(15)23;1-4-5-6-8-14(11-16(24)21-27)18(25)20-17(13(2)3)19(26)22-10-7-9-15(22)12-23/h5-10,15-16,19H,4H2,1-3H3,(H,22,24)(H,26,27);13-15,17,23,27H,4-12H2,1-3H3,(H,20,25)(H,21,24)/t15-,16+,19-;/m1./s1. The number of aliphatic carboxylic acids is 1. The molecular weight excluding hydrogens is 743 g/mol. The largest absolute Gasteiger partial charge is 0.493 e. The van der Waals surface area contributed by atoms with E-state index in [9.17, 15) is 39.0 Å². The van der Waals surface area contributed by atoms with Gasteiger partial charge >= 0.3 is 5.97 Å². The third kappa shape index (κ3) is 9.93. The lowest BCUT2D eigenvalue weighted by molar-refractivity contribution is -0.159. The fourth-order valence-corrected chi connectivity index (χ4v) is 9.26. The number of aliphatic hydroxyl groups is 1. The predicted octanol–water partition coefficient (Wildman–Crippen LogP) is 3.69. The predicted molar refractivity (Wildman–Crippen MR) is 211 cm³/mol. The molecule has 2 aromatic rings. The van der Waals surface area contributed by atoms with Gasteiger partial charge in [0.05, 0.1) is 24.8 Å². The number of hydrogen-bond acceptors (Lipinski definition) is 10. The number of amides is 5. The van der Waals surface area contributed by atoms with Crippen molar-refractivity contribution in [2.24, 2.45) is 11.8 Å². The summed E-state index contributed by atoms with van der Waals surface area (Å²) in [6.45, 7) is 12.1. The summed E-state index contributed by atoms with van der Waals surface area (Å²) in [4.78, 5) is 77.8. The third-order valence-corrected chi connectivity index (χ3v) is 12.1. The highest BCUT2D eigenvalue weighted by atomic mass is 32.2. The molecule has 308 valence electrons. The van der Waals surface area contributed by atoms with E-state index in [-0.39, 0.29) is 42.7 Å². The first-order valence-electron chi connectivity index (χ1n) is 19.4. The Labute approximate surface area is 332 Å². The first-order chi connectivity index (χ1) is 26.6. The second-order valence-electron chi connectivity index (χ2n) is 15.3. The van der Waals surface area contributed by atoms with Crippen LogP contribution in [0.3, 0.4) is 0 Å². The van der Waals surface area contributed by atoms with Crippen molar-refractivity contribution < 1.29 is 48.9 Å². The highest BCUT2D eigenvalue weighted by Gasteiger charge is 2.64. The molecule has 0 radical (unpaired) electrons. The summed E-state index contributed by atoms with van der Waals surface area (Å²) >= 11 is 1.40. The van der Waals surface area contributed by atoms with Gasteiger partial charge in [-0.1, -0.05) is 70.4 Å². The smallest absolute Gasteiger partial charge is 0.327 e. The third-order valence-electron chi connectivity index (χ3n) is 10.6. The molecule has 16 heteroatoms. The van der Waals surface area contributed by atoms with E-state index in [4.69, 9.17) is 9.94 Å². The van der Waals surface area contributed by atoms with Crippen LogP contribution in [-0.4, -0.2) is 115 Å². The van der Waals surface area contributed by atoms with E-state index in [0.717, 1.165) is 42.9 Å². The quantitative estimate of drug-likeness (QED) is 0.0624. The highest BCUT2D eigenvalue weighted by Crippen LogP contribution is 2.51. The van der Waals surface area contributed by atoms with Crippen molar-refractivity contribution in [3.05, 3.63) is 42.0 Å². The number of nitrogens with zero attached hydrogens (tertiary/aromatic N) is 2. The first kappa shape index (κ1) is 44.3. The minimum absolute atomic E-state index is 0.0825. The molecule has 3 saturated heterocycles. The molecule has 6 N–H and O–H groups in total. The number of ether oxygens (including phenoxy) is 1. The Morgan fingerprint density at radius 1 is 1.05 bits per heavy atom.